The average molecular weight is 212 g/mol. The summed E-state index contributed by atoms with van der Waals surface area (Å²) in [6, 6.07) is 0.346. The molecule has 2 fully saturated rings. The largest absolute Gasteiger partial charge is 0.391 e. The molecule has 0 bridgehead atoms. The van der Waals surface area contributed by atoms with Gasteiger partial charge in [0.1, 0.15) is 0 Å². The lowest BCUT2D eigenvalue weighted by Crippen LogP contribution is -2.53. The van der Waals surface area contributed by atoms with Gasteiger partial charge in [0, 0.05) is 39.1 Å². The molecule has 0 aromatic carbocycles. The minimum absolute atomic E-state index is 0.145. The summed E-state index contributed by atoms with van der Waals surface area (Å²) in [5, 5.41) is 9.79. The Hall–Kier alpha value is -0.610. The molecule has 1 N–H and O–H groups in total. The minimum atomic E-state index is -0.145. The van der Waals surface area contributed by atoms with Gasteiger partial charge < -0.3 is 10.0 Å². The number of amides is 1. The van der Waals surface area contributed by atoms with Gasteiger partial charge in [0.25, 0.3) is 0 Å². The molecule has 1 aliphatic heterocycles. The zero-order chi connectivity index (χ0) is 10.8. The van der Waals surface area contributed by atoms with Crippen LogP contribution in [0, 0.1) is 0 Å². The molecule has 1 aliphatic carbocycles. The van der Waals surface area contributed by atoms with E-state index < -0.39 is 0 Å². The number of piperazine rings is 1. The molecule has 15 heavy (non-hydrogen) atoms. The predicted molar refractivity (Wildman–Crippen MR) is 57.5 cm³/mol. The Labute approximate surface area is 90.9 Å². The van der Waals surface area contributed by atoms with Crippen molar-refractivity contribution in [3.63, 3.8) is 0 Å². The first-order valence-electron chi connectivity index (χ1n) is 5.86. The van der Waals surface area contributed by atoms with Crippen molar-refractivity contribution < 1.29 is 9.90 Å². The number of rotatable bonds is 1. The second-order valence-electron chi connectivity index (χ2n) is 4.61. The van der Waals surface area contributed by atoms with E-state index in [0.29, 0.717) is 6.04 Å². The summed E-state index contributed by atoms with van der Waals surface area (Å²) in [7, 11) is 0. The van der Waals surface area contributed by atoms with E-state index >= 15 is 0 Å². The predicted octanol–water partition coefficient (Wildman–Crippen LogP) is 0.0639. The van der Waals surface area contributed by atoms with E-state index in [1.807, 2.05) is 4.90 Å². The van der Waals surface area contributed by atoms with Gasteiger partial charge in [-0.2, -0.15) is 0 Å². The van der Waals surface area contributed by atoms with Crippen LogP contribution in [0.25, 0.3) is 0 Å². The van der Waals surface area contributed by atoms with E-state index in [1.54, 1.807) is 6.92 Å². The number of hydrogen-bond donors (Lipinski definition) is 1. The van der Waals surface area contributed by atoms with E-state index in [9.17, 15) is 9.90 Å². The zero-order valence-electron chi connectivity index (χ0n) is 9.35. The van der Waals surface area contributed by atoms with Gasteiger partial charge in [0.05, 0.1) is 6.10 Å². The fraction of sp³-hybridized carbons (Fsp3) is 0.909. The first-order valence-corrected chi connectivity index (χ1v) is 5.86. The minimum Gasteiger partial charge on any atom is -0.391 e. The normalized spacial score (nSPS) is 33.3. The van der Waals surface area contributed by atoms with Crippen LogP contribution < -0.4 is 0 Å². The molecule has 2 atom stereocenters. The van der Waals surface area contributed by atoms with Crippen LogP contribution in [0.2, 0.25) is 0 Å². The summed E-state index contributed by atoms with van der Waals surface area (Å²) >= 11 is 0. The smallest absolute Gasteiger partial charge is 0.219 e. The fourth-order valence-electron chi connectivity index (χ4n) is 2.72. The van der Waals surface area contributed by atoms with E-state index in [-0.39, 0.29) is 12.0 Å². The molecule has 1 heterocycles. The second-order valence-corrected chi connectivity index (χ2v) is 4.61. The molecular formula is C11H20N2O2. The Morgan fingerprint density at radius 2 is 1.87 bits per heavy atom. The van der Waals surface area contributed by atoms with Crippen LogP contribution in [0.15, 0.2) is 0 Å². The molecule has 4 nitrogen and oxygen atoms in total. The van der Waals surface area contributed by atoms with Crippen LogP contribution >= 0.6 is 0 Å². The van der Waals surface area contributed by atoms with Crippen LogP contribution in [0.3, 0.4) is 0 Å². The quantitative estimate of drug-likeness (QED) is 0.668. The van der Waals surface area contributed by atoms with Gasteiger partial charge >= 0.3 is 0 Å². The molecule has 0 spiro atoms. The van der Waals surface area contributed by atoms with Crippen molar-refractivity contribution in [1.82, 2.24) is 9.80 Å². The highest BCUT2D eigenvalue weighted by Gasteiger charge is 2.32. The third-order valence-electron chi connectivity index (χ3n) is 3.67. The van der Waals surface area contributed by atoms with Gasteiger partial charge in [-0.05, 0) is 19.3 Å². The molecule has 0 radical (unpaired) electrons. The third kappa shape index (κ3) is 2.32. The maximum Gasteiger partial charge on any atom is 0.219 e. The Morgan fingerprint density at radius 3 is 2.33 bits per heavy atom. The van der Waals surface area contributed by atoms with E-state index in [1.165, 1.54) is 0 Å². The van der Waals surface area contributed by atoms with E-state index in [4.69, 9.17) is 0 Å². The van der Waals surface area contributed by atoms with Crippen LogP contribution in [0.1, 0.15) is 26.2 Å². The maximum absolute atomic E-state index is 11.1. The van der Waals surface area contributed by atoms with Crippen molar-refractivity contribution in [2.45, 2.75) is 38.3 Å². The van der Waals surface area contributed by atoms with Gasteiger partial charge in [-0.1, -0.05) is 0 Å². The first-order chi connectivity index (χ1) is 7.18. The number of carbonyl (C=O) groups excluding carboxylic acids is 1. The molecule has 1 amide bonds. The molecule has 86 valence electrons. The summed E-state index contributed by atoms with van der Waals surface area (Å²) < 4.78 is 0. The summed E-state index contributed by atoms with van der Waals surface area (Å²) in [6.07, 6.45) is 3.05. The highest BCUT2D eigenvalue weighted by molar-refractivity contribution is 5.73. The van der Waals surface area contributed by atoms with Crippen molar-refractivity contribution in [2.24, 2.45) is 0 Å². The van der Waals surface area contributed by atoms with Crippen molar-refractivity contribution in [2.75, 3.05) is 26.2 Å². The van der Waals surface area contributed by atoms with Crippen LogP contribution in [-0.2, 0) is 4.79 Å². The third-order valence-corrected chi connectivity index (χ3v) is 3.67. The molecule has 0 aromatic heterocycles. The second kappa shape index (κ2) is 4.49. The SMILES string of the molecule is CC(=O)N1CCN(C2CCCC2O)CC1. The number of aliphatic hydroxyl groups is 1. The molecule has 2 rings (SSSR count). The average Bonchev–Trinajstić information content (AvgIpc) is 2.65. The van der Waals surface area contributed by atoms with Crippen LogP contribution in [0.5, 0.6) is 0 Å². The van der Waals surface area contributed by atoms with Crippen LogP contribution in [-0.4, -0.2) is 59.1 Å². The Bertz CT molecular complexity index is 237. The summed E-state index contributed by atoms with van der Waals surface area (Å²) in [4.78, 5) is 15.4. The van der Waals surface area contributed by atoms with Crippen molar-refractivity contribution in [1.29, 1.82) is 0 Å². The molecule has 1 saturated carbocycles. The zero-order valence-corrected chi connectivity index (χ0v) is 9.35. The van der Waals surface area contributed by atoms with Gasteiger partial charge in [-0.15, -0.1) is 0 Å². The van der Waals surface area contributed by atoms with Crippen molar-refractivity contribution >= 4 is 5.91 Å². The van der Waals surface area contributed by atoms with Crippen LogP contribution in [0.4, 0.5) is 0 Å². The van der Waals surface area contributed by atoms with Gasteiger partial charge in [-0.3, -0.25) is 9.69 Å². The number of aliphatic hydroxyl groups excluding tert-OH is 1. The summed E-state index contributed by atoms with van der Waals surface area (Å²) in [6.45, 7) is 5.10. The van der Waals surface area contributed by atoms with E-state index in [0.717, 1.165) is 45.4 Å². The molecule has 1 saturated heterocycles. The fourth-order valence-corrected chi connectivity index (χ4v) is 2.72. The Morgan fingerprint density at radius 1 is 1.20 bits per heavy atom. The summed E-state index contributed by atoms with van der Waals surface area (Å²) in [5.41, 5.74) is 0. The first kappa shape index (κ1) is 10.9. The molecule has 2 unspecified atom stereocenters. The lowest BCUT2D eigenvalue weighted by molar-refractivity contribution is -0.131. The summed E-state index contributed by atoms with van der Waals surface area (Å²) in [5.74, 6) is 0.168. The Kier molecular flexibility index (Phi) is 3.26. The van der Waals surface area contributed by atoms with E-state index in [2.05, 4.69) is 4.90 Å². The lowest BCUT2D eigenvalue weighted by atomic mass is 10.1. The highest BCUT2D eigenvalue weighted by atomic mass is 16.3. The number of carbonyl (C=O) groups is 1. The number of hydrogen-bond acceptors (Lipinski definition) is 3. The van der Waals surface area contributed by atoms with Crippen molar-refractivity contribution in [3.05, 3.63) is 0 Å². The molecule has 2 aliphatic rings. The maximum atomic E-state index is 11.1. The lowest BCUT2D eigenvalue weighted by Gasteiger charge is -2.38. The van der Waals surface area contributed by atoms with Gasteiger partial charge in [0.2, 0.25) is 5.91 Å². The monoisotopic (exact) mass is 212 g/mol. The molecule has 0 aromatic rings. The Balaban J connectivity index is 1.85. The van der Waals surface area contributed by atoms with Crippen molar-refractivity contribution in [3.8, 4) is 0 Å². The van der Waals surface area contributed by atoms with Gasteiger partial charge in [0.15, 0.2) is 0 Å². The topological polar surface area (TPSA) is 43.8 Å². The number of nitrogens with zero attached hydrogens (tertiary/aromatic N) is 2. The molecular weight excluding hydrogens is 192 g/mol. The standard InChI is InChI=1S/C11H20N2O2/c1-9(14)12-5-7-13(8-6-12)10-3-2-4-11(10)15/h10-11,15H,2-8H2,1H3. The highest BCUT2D eigenvalue weighted by Crippen LogP contribution is 2.24. The van der Waals surface area contributed by atoms with Gasteiger partial charge in [-0.25, -0.2) is 0 Å². The molecule has 4 heteroatoms.